The molecule has 10 heteroatoms. The van der Waals surface area contributed by atoms with Crippen LogP contribution in [0, 0.1) is 23.1 Å². The molecule has 0 radical (unpaired) electrons. The van der Waals surface area contributed by atoms with Gasteiger partial charge in [0, 0.05) is 6.42 Å². The molecule has 0 saturated carbocycles. The highest BCUT2D eigenvalue weighted by Crippen LogP contribution is 2.21. The Morgan fingerprint density at radius 2 is 1.71 bits per heavy atom. The van der Waals surface area contributed by atoms with E-state index in [9.17, 15) is 24.0 Å². The highest BCUT2D eigenvalue weighted by atomic mass is 35.5. The van der Waals surface area contributed by atoms with Crippen LogP contribution in [0.3, 0.4) is 0 Å². The Labute approximate surface area is 190 Å². The standard InChI is InChI=1S/C21H25Cl2FN2O5/c1-12(2)15(30-18(28)16(22)23)17(27)26-21(11-25,19(29)31-20(3,4)5)10-13-6-8-14(24)9-7-13/h6-9,12,15-16H,10H2,1-5H3,(H,26,27). The lowest BCUT2D eigenvalue weighted by Gasteiger charge is -2.32. The van der Waals surface area contributed by atoms with Crippen molar-refractivity contribution < 1.29 is 28.2 Å². The van der Waals surface area contributed by atoms with E-state index in [-0.39, 0.29) is 6.42 Å². The van der Waals surface area contributed by atoms with Crippen LogP contribution in [0.15, 0.2) is 24.3 Å². The number of nitriles is 1. The summed E-state index contributed by atoms with van der Waals surface area (Å²) in [4.78, 5) is 36.2. The SMILES string of the molecule is CC(C)C(OC(=O)C(Cl)Cl)C(=O)NC(C#N)(Cc1ccc(F)cc1)C(=O)OC(C)(C)C. The number of rotatable bonds is 8. The van der Waals surface area contributed by atoms with Crippen molar-refractivity contribution in [1.29, 1.82) is 5.26 Å². The van der Waals surface area contributed by atoms with Gasteiger partial charge >= 0.3 is 11.9 Å². The van der Waals surface area contributed by atoms with Crippen LogP contribution in [0.5, 0.6) is 0 Å². The van der Waals surface area contributed by atoms with Crippen molar-refractivity contribution in [3.63, 3.8) is 0 Å². The molecule has 0 heterocycles. The van der Waals surface area contributed by atoms with Gasteiger partial charge in [0.15, 0.2) is 6.10 Å². The molecule has 31 heavy (non-hydrogen) atoms. The number of carbonyl (C=O) groups is 3. The van der Waals surface area contributed by atoms with Crippen molar-refractivity contribution in [3.8, 4) is 6.07 Å². The van der Waals surface area contributed by atoms with Crippen LogP contribution >= 0.6 is 23.2 Å². The molecule has 1 aromatic rings. The Morgan fingerprint density at radius 1 is 1.16 bits per heavy atom. The van der Waals surface area contributed by atoms with Crippen molar-refractivity contribution >= 4 is 41.0 Å². The first kappa shape index (κ1) is 26.7. The summed E-state index contributed by atoms with van der Waals surface area (Å²) in [5, 5.41) is 12.3. The summed E-state index contributed by atoms with van der Waals surface area (Å²) in [6.07, 6.45) is -1.69. The zero-order chi connectivity index (χ0) is 24.0. The molecule has 0 aliphatic heterocycles. The minimum atomic E-state index is -2.16. The number of ether oxygens (including phenoxy) is 2. The van der Waals surface area contributed by atoms with E-state index in [1.165, 1.54) is 12.1 Å². The number of nitrogens with one attached hydrogen (secondary N) is 1. The smallest absolute Gasteiger partial charge is 0.347 e. The van der Waals surface area contributed by atoms with Gasteiger partial charge in [-0.25, -0.2) is 14.0 Å². The zero-order valence-corrected chi connectivity index (χ0v) is 19.4. The molecular formula is C21H25Cl2FN2O5. The molecule has 2 atom stereocenters. The summed E-state index contributed by atoms with van der Waals surface area (Å²) in [5.41, 5.74) is -2.72. The Bertz CT molecular complexity index is 847. The molecule has 0 saturated heterocycles. The minimum Gasteiger partial charge on any atom is -0.457 e. The highest BCUT2D eigenvalue weighted by Gasteiger charge is 2.46. The molecule has 0 bridgehead atoms. The predicted octanol–water partition coefficient (Wildman–Crippen LogP) is 3.46. The first-order valence-electron chi connectivity index (χ1n) is 9.40. The molecule has 0 spiro atoms. The van der Waals surface area contributed by atoms with Gasteiger partial charge < -0.3 is 14.8 Å². The number of esters is 2. The Hall–Kier alpha value is -2.37. The number of amides is 1. The van der Waals surface area contributed by atoms with Crippen LogP contribution < -0.4 is 5.32 Å². The molecule has 1 N–H and O–H groups in total. The van der Waals surface area contributed by atoms with Gasteiger partial charge in [-0.15, -0.1) is 0 Å². The van der Waals surface area contributed by atoms with Gasteiger partial charge in [-0.05, 0) is 44.4 Å². The van der Waals surface area contributed by atoms with Gasteiger partial charge in [0.25, 0.3) is 5.91 Å². The number of nitrogens with zero attached hydrogens (tertiary/aromatic N) is 1. The van der Waals surface area contributed by atoms with Crippen molar-refractivity contribution in [2.75, 3.05) is 0 Å². The van der Waals surface area contributed by atoms with Crippen LogP contribution in [0.2, 0.25) is 0 Å². The van der Waals surface area contributed by atoms with E-state index in [0.29, 0.717) is 5.56 Å². The molecule has 1 amide bonds. The first-order chi connectivity index (χ1) is 14.2. The number of benzene rings is 1. The maximum absolute atomic E-state index is 13.3. The van der Waals surface area contributed by atoms with Crippen LogP contribution in [0.4, 0.5) is 4.39 Å². The lowest BCUT2D eigenvalue weighted by Crippen LogP contribution is -2.60. The third kappa shape index (κ3) is 8.00. The molecule has 0 aliphatic rings. The number of carbonyl (C=O) groups excluding carboxylic acids is 3. The van der Waals surface area contributed by atoms with Crippen LogP contribution in [-0.4, -0.2) is 39.9 Å². The van der Waals surface area contributed by atoms with Gasteiger partial charge in [-0.1, -0.05) is 49.2 Å². The van der Waals surface area contributed by atoms with Crippen LogP contribution in [0.1, 0.15) is 40.2 Å². The molecule has 0 fully saturated rings. The average molecular weight is 475 g/mol. The fourth-order valence-corrected chi connectivity index (χ4v) is 2.61. The summed E-state index contributed by atoms with van der Waals surface area (Å²) in [6, 6.07) is 6.89. The number of alkyl halides is 2. The van der Waals surface area contributed by atoms with E-state index in [2.05, 4.69) is 5.32 Å². The second-order valence-corrected chi connectivity index (χ2v) is 9.31. The van der Waals surface area contributed by atoms with Gasteiger partial charge in [0.05, 0.1) is 0 Å². The largest absolute Gasteiger partial charge is 0.457 e. The molecule has 0 aliphatic carbocycles. The van der Waals surface area contributed by atoms with Gasteiger partial charge in [-0.2, -0.15) is 5.26 Å². The third-order valence-electron chi connectivity index (χ3n) is 3.94. The van der Waals surface area contributed by atoms with E-state index in [1.54, 1.807) is 34.6 Å². The molecule has 0 aromatic heterocycles. The van der Waals surface area contributed by atoms with Crippen LogP contribution in [0.25, 0.3) is 0 Å². The topological polar surface area (TPSA) is 105 Å². The fourth-order valence-electron chi connectivity index (χ4n) is 2.50. The maximum Gasteiger partial charge on any atom is 0.347 e. The van der Waals surface area contributed by atoms with E-state index in [1.807, 2.05) is 6.07 Å². The molecular weight excluding hydrogens is 450 g/mol. The Morgan fingerprint density at radius 3 is 2.13 bits per heavy atom. The van der Waals surface area contributed by atoms with Crippen molar-refractivity contribution in [2.24, 2.45) is 5.92 Å². The summed E-state index contributed by atoms with van der Waals surface area (Å²) < 4.78 is 23.7. The quantitative estimate of drug-likeness (QED) is 0.456. The molecule has 170 valence electrons. The number of hydrogen-bond donors (Lipinski definition) is 1. The second kappa shape index (κ2) is 10.8. The normalized spacial score (nSPS) is 14.4. The van der Waals surface area contributed by atoms with Crippen molar-refractivity contribution in [2.45, 2.75) is 63.1 Å². The van der Waals surface area contributed by atoms with E-state index >= 15 is 0 Å². The zero-order valence-electron chi connectivity index (χ0n) is 17.9. The van der Waals surface area contributed by atoms with Crippen molar-refractivity contribution in [3.05, 3.63) is 35.6 Å². The third-order valence-corrected chi connectivity index (χ3v) is 4.30. The summed E-state index contributed by atoms with van der Waals surface area (Å²) in [5.74, 6) is -4.00. The molecule has 1 rings (SSSR count). The second-order valence-electron chi connectivity index (χ2n) is 8.21. The lowest BCUT2D eigenvalue weighted by molar-refractivity contribution is -0.164. The Balaban J connectivity index is 3.32. The van der Waals surface area contributed by atoms with E-state index < -0.39 is 51.7 Å². The molecule has 2 unspecified atom stereocenters. The monoisotopic (exact) mass is 474 g/mol. The average Bonchev–Trinajstić information content (AvgIpc) is 2.65. The van der Waals surface area contributed by atoms with E-state index in [0.717, 1.165) is 12.1 Å². The van der Waals surface area contributed by atoms with Crippen molar-refractivity contribution in [1.82, 2.24) is 5.32 Å². The first-order valence-corrected chi connectivity index (χ1v) is 10.3. The maximum atomic E-state index is 13.3. The summed E-state index contributed by atoms with van der Waals surface area (Å²) in [6.45, 7) is 8.00. The number of halogens is 3. The summed E-state index contributed by atoms with van der Waals surface area (Å²) >= 11 is 11.0. The fraction of sp³-hybridized carbons (Fsp3) is 0.524. The molecule has 1 aromatic carbocycles. The van der Waals surface area contributed by atoms with Crippen LogP contribution in [-0.2, 0) is 30.3 Å². The van der Waals surface area contributed by atoms with Gasteiger partial charge in [0.2, 0.25) is 10.4 Å². The highest BCUT2D eigenvalue weighted by molar-refractivity contribution is 6.52. The Kier molecular flexibility index (Phi) is 9.27. The minimum absolute atomic E-state index is 0.309. The lowest BCUT2D eigenvalue weighted by atomic mass is 9.90. The summed E-state index contributed by atoms with van der Waals surface area (Å²) in [7, 11) is 0. The van der Waals surface area contributed by atoms with Gasteiger partial charge in [0.1, 0.15) is 17.5 Å². The predicted molar refractivity (Wildman–Crippen MR) is 113 cm³/mol. The van der Waals surface area contributed by atoms with E-state index in [4.69, 9.17) is 32.7 Å². The number of hydrogen-bond acceptors (Lipinski definition) is 6. The molecule has 7 nitrogen and oxygen atoms in total. The van der Waals surface area contributed by atoms with Gasteiger partial charge in [-0.3, -0.25) is 4.79 Å².